The van der Waals surface area contributed by atoms with E-state index >= 15 is 0 Å². The van der Waals surface area contributed by atoms with Gasteiger partial charge in [-0.05, 0) is 30.5 Å². The van der Waals surface area contributed by atoms with E-state index in [1.165, 1.54) is 12.5 Å². The second kappa shape index (κ2) is 4.05. The first-order valence-electron chi connectivity index (χ1n) is 5.51. The van der Waals surface area contributed by atoms with Crippen molar-refractivity contribution < 1.29 is 13.9 Å². The van der Waals surface area contributed by atoms with Gasteiger partial charge in [0.2, 0.25) is 0 Å². The predicted molar refractivity (Wildman–Crippen MR) is 59.4 cm³/mol. The molecule has 0 radical (unpaired) electrons. The Morgan fingerprint density at radius 2 is 2.41 bits per heavy atom. The van der Waals surface area contributed by atoms with Gasteiger partial charge in [0.25, 0.3) is 0 Å². The van der Waals surface area contributed by atoms with Crippen LogP contribution in [0.1, 0.15) is 34.1 Å². The van der Waals surface area contributed by atoms with E-state index in [2.05, 4.69) is 4.98 Å². The van der Waals surface area contributed by atoms with Crippen LogP contribution in [0.3, 0.4) is 0 Å². The molecule has 0 N–H and O–H groups in total. The maximum absolute atomic E-state index is 11.8. The Hall–Kier alpha value is -2.10. The molecule has 0 saturated carbocycles. The fourth-order valence-electron chi connectivity index (χ4n) is 2.07. The first-order valence-corrected chi connectivity index (χ1v) is 5.51. The number of carbonyl (C=O) groups is 1. The van der Waals surface area contributed by atoms with Crippen molar-refractivity contribution in [2.24, 2.45) is 0 Å². The van der Waals surface area contributed by atoms with Crippen molar-refractivity contribution in [1.29, 1.82) is 0 Å². The monoisotopic (exact) mass is 229 g/mol. The molecule has 4 nitrogen and oxygen atoms in total. The van der Waals surface area contributed by atoms with E-state index in [4.69, 9.17) is 9.15 Å². The standard InChI is InChI=1S/C13H11NO3/c15-13(10-5-7-16-8-10)17-11-4-3-9-2-1-6-14-12(9)11/h1-2,5-8,11H,3-4H2/t11-/m0/s1. The number of carbonyl (C=O) groups excluding carboxylic acids is 1. The van der Waals surface area contributed by atoms with Crippen LogP contribution in [-0.4, -0.2) is 11.0 Å². The van der Waals surface area contributed by atoms with Crippen molar-refractivity contribution >= 4 is 5.97 Å². The third kappa shape index (κ3) is 1.82. The SMILES string of the molecule is O=C(O[C@H]1CCc2cccnc21)c1ccoc1. The highest BCUT2D eigenvalue weighted by Crippen LogP contribution is 2.32. The lowest BCUT2D eigenvalue weighted by molar-refractivity contribution is 0.0292. The van der Waals surface area contributed by atoms with Crippen LogP contribution in [0, 0.1) is 0 Å². The smallest absolute Gasteiger partial charge is 0.342 e. The van der Waals surface area contributed by atoms with Gasteiger partial charge in [-0.15, -0.1) is 0 Å². The van der Waals surface area contributed by atoms with Gasteiger partial charge in [0.15, 0.2) is 0 Å². The molecule has 2 aromatic rings. The second-order valence-electron chi connectivity index (χ2n) is 3.99. The maximum atomic E-state index is 11.8. The lowest BCUT2D eigenvalue weighted by Gasteiger charge is -2.11. The zero-order valence-corrected chi connectivity index (χ0v) is 9.13. The number of aromatic nitrogens is 1. The molecule has 0 amide bonds. The summed E-state index contributed by atoms with van der Waals surface area (Å²) < 4.78 is 10.3. The largest absolute Gasteiger partial charge is 0.472 e. The van der Waals surface area contributed by atoms with E-state index in [0.717, 1.165) is 24.1 Å². The zero-order chi connectivity index (χ0) is 11.7. The molecule has 0 fully saturated rings. The summed E-state index contributed by atoms with van der Waals surface area (Å²) in [5, 5.41) is 0. The van der Waals surface area contributed by atoms with Crippen molar-refractivity contribution in [3.05, 3.63) is 53.7 Å². The summed E-state index contributed by atoms with van der Waals surface area (Å²) in [6.07, 6.45) is 6.05. The van der Waals surface area contributed by atoms with Gasteiger partial charge in [-0.2, -0.15) is 0 Å². The summed E-state index contributed by atoms with van der Waals surface area (Å²) in [4.78, 5) is 16.0. The van der Waals surface area contributed by atoms with Gasteiger partial charge in [0, 0.05) is 6.20 Å². The highest BCUT2D eigenvalue weighted by atomic mass is 16.5. The Bertz CT molecular complexity index is 533. The normalized spacial score (nSPS) is 17.8. The topological polar surface area (TPSA) is 52.3 Å². The molecule has 1 aliphatic carbocycles. The van der Waals surface area contributed by atoms with E-state index in [9.17, 15) is 4.79 Å². The Kier molecular flexibility index (Phi) is 2.40. The summed E-state index contributed by atoms with van der Waals surface area (Å²) in [5.74, 6) is -0.359. The molecule has 0 spiro atoms. The lowest BCUT2D eigenvalue weighted by Crippen LogP contribution is -2.09. The minimum Gasteiger partial charge on any atom is -0.472 e. The van der Waals surface area contributed by atoms with Gasteiger partial charge in [-0.3, -0.25) is 4.98 Å². The van der Waals surface area contributed by atoms with Crippen molar-refractivity contribution in [3.8, 4) is 0 Å². The molecule has 4 heteroatoms. The fourth-order valence-corrected chi connectivity index (χ4v) is 2.07. The molecule has 1 aliphatic rings. The highest BCUT2D eigenvalue weighted by molar-refractivity contribution is 5.89. The Labute approximate surface area is 98.2 Å². The molecular weight excluding hydrogens is 218 g/mol. The zero-order valence-electron chi connectivity index (χ0n) is 9.13. The van der Waals surface area contributed by atoms with E-state index in [1.807, 2.05) is 12.1 Å². The van der Waals surface area contributed by atoms with Gasteiger partial charge in [-0.1, -0.05) is 6.07 Å². The maximum Gasteiger partial charge on any atom is 0.342 e. The van der Waals surface area contributed by atoms with E-state index in [0.29, 0.717) is 5.56 Å². The van der Waals surface area contributed by atoms with Crippen molar-refractivity contribution in [3.63, 3.8) is 0 Å². The number of rotatable bonds is 2. The number of fused-ring (bicyclic) bond motifs is 1. The molecule has 0 saturated heterocycles. The van der Waals surface area contributed by atoms with Crippen molar-refractivity contribution in [1.82, 2.24) is 4.98 Å². The molecule has 3 rings (SSSR count). The van der Waals surface area contributed by atoms with Crippen LogP contribution < -0.4 is 0 Å². The van der Waals surface area contributed by atoms with E-state index in [-0.39, 0.29) is 12.1 Å². The average molecular weight is 229 g/mol. The van der Waals surface area contributed by atoms with Crippen molar-refractivity contribution in [2.75, 3.05) is 0 Å². The molecule has 0 aliphatic heterocycles. The van der Waals surface area contributed by atoms with Crippen molar-refractivity contribution in [2.45, 2.75) is 18.9 Å². The quantitative estimate of drug-likeness (QED) is 0.742. The van der Waals surface area contributed by atoms with E-state index in [1.54, 1.807) is 12.3 Å². The minimum atomic E-state index is -0.359. The lowest BCUT2D eigenvalue weighted by atomic mass is 10.2. The first-order chi connectivity index (χ1) is 8.34. The van der Waals surface area contributed by atoms with Crippen LogP contribution in [-0.2, 0) is 11.2 Å². The van der Waals surface area contributed by atoms with Crippen LogP contribution in [0.2, 0.25) is 0 Å². The van der Waals surface area contributed by atoms with Gasteiger partial charge in [-0.25, -0.2) is 4.79 Å². The molecule has 0 unspecified atom stereocenters. The number of esters is 1. The number of furan rings is 1. The summed E-state index contributed by atoms with van der Waals surface area (Å²) in [7, 11) is 0. The molecule has 86 valence electrons. The molecule has 0 aromatic carbocycles. The van der Waals surface area contributed by atoms with E-state index < -0.39 is 0 Å². The summed E-state index contributed by atoms with van der Waals surface area (Å²) in [6, 6.07) is 5.52. The number of aryl methyl sites for hydroxylation is 1. The summed E-state index contributed by atoms with van der Waals surface area (Å²) in [5.41, 5.74) is 2.48. The Morgan fingerprint density at radius 3 is 3.24 bits per heavy atom. The van der Waals surface area contributed by atoms with Crippen LogP contribution in [0.4, 0.5) is 0 Å². The van der Waals surface area contributed by atoms with Crippen LogP contribution in [0.5, 0.6) is 0 Å². The average Bonchev–Trinajstić information content (AvgIpc) is 2.98. The number of pyridine rings is 1. The van der Waals surface area contributed by atoms with Crippen LogP contribution >= 0.6 is 0 Å². The minimum absolute atomic E-state index is 0.228. The fraction of sp³-hybridized carbons (Fsp3) is 0.231. The van der Waals surface area contributed by atoms with Crippen LogP contribution in [0.25, 0.3) is 0 Å². The molecule has 2 heterocycles. The van der Waals surface area contributed by atoms with Gasteiger partial charge >= 0.3 is 5.97 Å². The Balaban J connectivity index is 1.78. The number of hydrogen-bond donors (Lipinski definition) is 0. The molecular formula is C13H11NO3. The molecule has 2 aromatic heterocycles. The first kappa shape index (κ1) is 10.1. The third-order valence-electron chi connectivity index (χ3n) is 2.91. The van der Waals surface area contributed by atoms with Gasteiger partial charge in [0.1, 0.15) is 12.4 Å². The van der Waals surface area contributed by atoms with Gasteiger partial charge < -0.3 is 9.15 Å². The molecule has 0 bridgehead atoms. The highest BCUT2D eigenvalue weighted by Gasteiger charge is 2.27. The number of nitrogens with zero attached hydrogens (tertiary/aromatic N) is 1. The van der Waals surface area contributed by atoms with Gasteiger partial charge in [0.05, 0.1) is 17.5 Å². The number of hydrogen-bond acceptors (Lipinski definition) is 4. The molecule has 17 heavy (non-hydrogen) atoms. The Morgan fingerprint density at radius 1 is 1.47 bits per heavy atom. The summed E-state index contributed by atoms with van der Waals surface area (Å²) >= 11 is 0. The second-order valence-corrected chi connectivity index (χ2v) is 3.99. The predicted octanol–water partition coefficient (Wildman–Crippen LogP) is 2.52. The third-order valence-corrected chi connectivity index (χ3v) is 2.91. The molecule has 1 atom stereocenters. The summed E-state index contributed by atoms with van der Waals surface area (Å²) in [6.45, 7) is 0. The number of ether oxygens (including phenoxy) is 1. The van der Waals surface area contributed by atoms with Crippen LogP contribution in [0.15, 0.2) is 41.3 Å².